The Bertz CT molecular complexity index is 438. The first kappa shape index (κ1) is 17.7. The van der Waals surface area contributed by atoms with E-state index >= 15 is 0 Å². The highest BCUT2D eigenvalue weighted by Crippen LogP contribution is 2.29. The van der Waals surface area contributed by atoms with Gasteiger partial charge in [-0.3, -0.25) is 9.69 Å². The highest BCUT2D eigenvalue weighted by Gasteiger charge is 2.35. The Morgan fingerprint density at radius 2 is 1.40 bits per heavy atom. The number of hydrogen-bond acceptors (Lipinski definition) is 4. The molecule has 1 amide bonds. The summed E-state index contributed by atoms with van der Waals surface area (Å²) in [6.07, 6.45) is 10.6. The number of nitrogens with zero attached hydrogens (tertiary/aromatic N) is 3. The van der Waals surface area contributed by atoms with Gasteiger partial charge in [0.25, 0.3) is 0 Å². The fourth-order valence-electron chi connectivity index (χ4n) is 5.47. The van der Waals surface area contributed by atoms with Gasteiger partial charge in [0, 0.05) is 31.7 Å². The van der Waals surface area contributed by atoms with Gasteiger partial charge in [0.2, 0.25) is 5.91 Å². The molecule has 3 aliphatic heterocycles. The second-order valence-corrected chi connectivity index (χ2v) is 8.48. The lowest BCUT2D eigenvalue weighted by atomic mass is 9.92. The lowest BCUT2D eigenvalue weighted by Gasteiger charge is -2.44. The minimum Gasteiger partial charge on any atom is -0.378 e. The zero-order valence-electron chi connectivity index (χ0n) is 15.7. The van der Waals surface area contributed by atoms with Crippen LogP contribution in [0.4, 0.5) is 0 Å². The van der Waals surface area contributed by atoms with Crippen LogP contribution in [0.1, 0.15) is 51.4 Å². The number of amides is 1. The van der Waals surface area contributed by atoms with E-state index in [1.807, 2.05) is 4.90 Å². The van der Waals surface area contributed by atoms with E-state index in [9.17, 15) is 4.79 Å². The molecule has 0 aromatic rings. The van der Waals surface area contributed by atoms with E-state index in [4.69, 9.17) is 4.74 Å². The lowest BCUT2D eigenvalue weighted by molar-refractivity contribution is -0.142. The molecule has 3 heterocycles. The Kier molecular flexibility index (Phi) is 5.94. The summed E-state index contributed by atoms with van der Waals surface area (Å²) in [6, 6.07) is 1.58. The maximum atomic E-state index is 12.8. The minimum absolute atomic E-state index is 0.222. The lowest BCUT2D eigenvalue weighted by Crippen LogP contribution is -2.53. The van der Waals surface area contributed by atoms with Crippen molar-refractivity contribution in [3.8, 4) is 0 Å². The molecule has 0 unspecified atom stereocenters. The molecule has 0 spiro atoms. The van der Waals surface area contributed by atoms with Crippen LogP contribution in [0.5, 0.6) is 0 Å². The average molecular weight is 350 g/mol. The molecular weight excluding hydrogens is 314 g/mol. The SMILES string of the molecule is O=C([C@H]1CCCN(C2CCN(C3CCCC3)CC2)C1)N1CCOCC1. The van der Waals surface area contributed by atoms with Gasteiger partial charge in [-0.2, -0.15) is 0 Å². The topological polar surface area (TPSA) is 36.0 Å². The number of piperidine rings is 2. The zero-order chi connectivity index (χ0) is 17.1. The Hall–Kier alpha value is -0.650. The maximum absolute atomic E-state index is 12.8. The summed E-state index contributed by atoms with van der Waals surface area (Å²) in [5.41, 5.74) is 0. The van der Waals surface area contributed by atoms with E-state index in [0.717, 1.165) is 32.1 Å². The van der Waals surface area contributed by atoms with Gasteiger partial charge in [-0.25, -0.2) is 0 Å². The molecule has 0 aromatic heterocycles. The molecule has 0 radical (unpaired) electrons. The molecule has 142 valence electrons. The van der Waals surface area contributed by atoms with Gasteiger partial charge in [0.05, 0.1) is 19.1 Å². The van der Waals surface area contributed by atoms with Crippen LogP contribution in [0.15, 0.2) is 0 Å². The second kappa shape index (κ2) is 8.36. The van der Waals surface area contributed by atoms with Crippen molar-refractivity contribution in [1.82, 2.24) is 14.7 Å². The van der Waals surface area contributed by atoms with Crippen molar-refractivity contribution in [3.05, 3.63) is 0 Å². The number of carbonyl (C=O) groups is 1. The van der Waals surface area contributed by atoms with Crippen LogP contribution in [-0.4, -0.2) is 85.2 Å². The molecule has 1 aliphatic carbocycles. The Balaban J connectivity index is 1.27. The van der Waals surface area contributed by atoms with Crippen molar-refractivity contribution >= 4 is 5.91 Å². The van der Waals surface area contributed by atoms with Crippen LogP contribution in [0.25, 0.3) is 0 Å². The van der Waals surface area contributed by atoms with Crippen LogP contribution in [0, 0.1) is 5.92 Å². The standard InChI is InChI=1S/C20H35N3O2/c24-20(22-12-14-25-15-13-22)17-4-3-9-23(16-17)19-7-10-21(11-8-19)18-5-1-2-6-18/h17-19H,1-16H2/t17-/m0/s1. The van der Waals surface area contributed by atoms with Crippen LogP contribution >= 0.6 is 0 Å². The third-order valence-corrected chi connectivity index (χ3v) is 6.98. The molecule has 0 bridgehead atoms. The van der Waals surface area contributed by atoms with E-state index in [1.165, 1.54) is 64.6 Å². The summed E-state index contributed by atoms with van der Waals surface area (Å²) in [5, 5.41) is 0. The fraction of sp³-hybridized carbons (Fsp3) is 0.950. The predicted octanol–water partition coefficient (Wildman–Crippen LogP) is 1.96. The smallest absolute Gasteiger partial charge is 0.227 e. The molecule has 3 saturated heterocycles. The van der Waals surface area contributed by atoms with Gasteiger partial charge in [-0.05, 0) is 58.2 Å². The van der Waals surface area contributed by atoms with Crippen LogP contribution in [0.2, 0.25) is 0 Å². The number of hydrogen-bond donors (Lipinski definition) is 0. The van der Waals surface area contributed by atoms with Crippen LogP contribution in [-0.2, 0) is 9.53 Å². The van der Waals surface area contributed by atoms with E-state index in [-0.39, 0.29) is 5.92 Å². The molecule has 1 atom stereocenters. The molecule has 4 fully saturated rings. The average Bonchev–Trinajstić information content (AvgIpc) is 3.23. The first-order valence-electron chi connectivity index (χ1n) is 10.7. The largest absolute Gasteiger partial charge is 0.378 e. The first-order chi connectivity index (χ1) is 12.3. The monoisotopic (exact) mass is 349 g/mol. The van der Waals surface area contributed by atoms with Gasteiger partial charge >= 0.3 is 0 Å². The van der Waals surface area contributed by atoms with Crippen molar-refractivity contribution < 1.29 is 9.53 Å². The predicted molar refractivity (Wildman–Crippen MR) is 98.5 cm³/mol. The number of likely N-dealkylation sites (tertiary alicyclic amines) is 2. The quantitative estimate of drug-likeness (QED) is 0.780. The zero-order valence-corrected chi connectivity index (χ0v) is 15.7. The summed E-state index contributed by atoms with van der Waals surface area (Å²) in [4.78, 5) is 20.3. The number of ether oxygens (including phenoxy) is 1. The Morgan fingerprint density at radius 3 is 2.12 bits per heavy atom. The third-order valence-electron chi connectivity index (χ3n) is 6.98. The summed E-state index contributed by atoms with van der Waals surface area (Å²) in [6.45, 7) is 7.72. The first-order valence-corrected chi connectivity index (χ1v) is 10.7. The van der Waals surface area contributed by atoms with Gasteiger partial charge < -0.3 is 14.5 Å². The van der Waals surface area contributed by atoms with Gasteiger partial charge in [0.15, 0.2) is 0 Å². The van der Waals surface area contributed by atoms with Gasteiger partial charge in [-0.15, -0.1) is 0 Å². The highest BCUT2D eigenvalue weighted by atomic mass is 16.5. The highest BCUT2D eigenvalue weighted by molar-refractivity contribution is 5.79. The van der Waals surface area contributed by atoms with Crippen LogP contribution < -0.4 is 0 Å². The molecule has 5 nitrogen and oxygen atoms in total. The summed E-state index contributed by atoms with van der Waals surface area (Å²) < 4.78 is 5.40. The Labute approximate surface area is 152 Å². The van der Waals surface area contributed by atoms with Gasteiger partial charge in [0.1, 0.15) is 0 Å². The molecule has 4 aliphatic rings. The fourth-order valence-corrected chi connectivity index (χ4v) is 5.47. The number of morpholine rings is 1. The third kappa shape index (κ3) is 4.20. The van der Waals surface area contributed by atoms with Crippen molar-refractivity contribution in [1.29, 1.82) is 0 Å². The minimum atomic E-state index is 0.222. The van der Waals surface area contributed by atoms with E-state index in [0.29, 0.717) is 25.2 Å². The van der Waals surface area contributed by atoms with Crippen LogP contribution in [0.3, 0.4) is 0 Å². The van der Waals surface area contributed by atoms with Crippen molar-refractivity contribution in [3.63, 3.8) is 0 Å². The normalized spacial score (nSPS) is 31.5. The van der Waals surface area contributed by atoms with E-state index in [2.05, 4.69) is 9.80 Å². The van der Waals surface area contributed by atoms with E-state index in [1.54, 1.807) is 0 Å². The summed E-state index contributed by atoms with van der Waals surface area (Å²) >= 11 is 0. The molecule has 4 rings (SSSR count). The molecule has 25 heavy (non-hydrogen) atoms. The molecule has 0 aromatic carbocycles. The molecular formula is C20H35N3O2. The summed E-state index contributed by atoms with van der Waals surface area (Å²) in [7, 11) is 0. The van der Waals surface area contributed by atoms with Crippen molar-refractivity contribution in [2.45, 2.75) is 63.5 Å². The number of carbonyl (C=O) groups excluding carboxylic acids is 1. The number of rotatable bonds is 3. The van der Waals surface area contributed by atoms with Crippen molar-refractivity contribution in [2.24, 2.45) is 5.92 Å². The maximum Gasteiger partial charge on any atom is 0.227 e. The Morgan fingerprint density at radius 1 is 0.720 bits per heavy atom. The van der Waals surface area contributed by atoms with Gasteiger partial charge in [-0.1, -0.05) is 12.8 Å². The summed E-state index contributed by atoms with van der Waals surface area (Å²) in [5.74, 6) is 0.608. The molecule has 1 saturated carbocycles. The molecule has 0 N–H and O–H groups in total. The second-order valence-electron chi connectivity index (χ2n) is 8.48. The van der Waals surface area contributed by atoms with E-state index < -0.39 is 0 Å². The molecule has 5 heteroatoms. The van der Waals surface area contributed by atoms with Crippen molar-refractivity contribution in [2.75, 3.05) is 52.5 Å².